The van der Waals surface area contributed by atoms with Crippen molar-refractivity contribution < 1.29 is 17.6 Å². The van der Waals surface area contributed by atoms with Gasteiger partial charge in [0.25, 0.3) is 5.91 Å². The van der Waals surface area contributed by atoms with Gasteiger partial charge < -0.3 is 4.57 Å². The number of benzene rings is 2. The Morgan fingerprint density at radius 1 is 1.15 bits per heavy atom. The highest BCUT2D eigenvalue weighted by atomic mass is 35.5. The molecule has 0 fully saturated rings. The van der Waals surface area contributed by atoms with Gasteiger partial charge in [0.1, 0.15) is 12.4 Å². The standard InChI is InChI=1S/C23H24ClFN4O3S/c1-15-5-6-19(24)12-22(15)28(33(4,31)32)14-23(30)27-26-13-18-11-16(2)29(17(18)3)21-9-7-20(25)8-10-21/h5-13H,14H2,1-4H3,(H,27,30)/b26-13-. The molecule has 1 amide bonds. The van der Waals surface area contributed by atoms with Crippen molar-refractivity contribution in [1.82, 2.24) is 9.99 Å². The molecule has 174 valence electrons. The Morgan fingerprint density at radius 3 is 2.45 bits per heavy atom. The van der Waals surface area contributed by atoms with Gasteiger partial charge in [0, 0.05) is 27.7 Å². The van der Waals surface area contributed by atoms with E-state index in [0.717, 1.165) is 33.2 Å². The number of sulfonamides is 1. The van der Waals surface area contributed by atoms with Crippen LogP contribution in [0.5, 0.6) is 0 Å². The summed E-state index contributed by atoms with van der Waals surface area (Å²) in [5.41, 5.74) is 6.68. The fraction of sp³-hybridized carbons (Fsp3) is 0.217. The van der Waals surface area contributed by atoms with Gasteiger partial charge in [-0.25, -0.2) is 18.2 Å². The molecule has 0 bridgehead atoms. The van der Waals surface area contributed by atoms with Gasteiger partial charge in [0.05, 0.1) is 18.2 Å². The number of amides is 1. The fourth-order valence-electron chi connectivity index (χ4n) is 3.48. The number of nitrogens with one attached hydrogen (secondary N) is 1. The molecule has 33 heavy (non-hydrogen) atoms. The fourth-order valence-corrected chi connectivity index (χ4v) is 4.55. The minimum atomic E-state index is -3.74. The molecule has 3 rings (SSSR count). The van der Waals surface area contributed by atoms with Gasteiger partial charge in [0.2, 0.25) is 10.0 Å². The zero-order valence-electron chi connectivity index (χ0n) is 18.6. The number of rotatable bonds is 7. The summed E-state index contributed by atoms with van der Waals surface area (Å²) in [7, 11) is -3.74. The molecular weight excluding hydrogens is 467 g/mol. The Bertz CT molecular complexity index is 1320. The molecule has 0 saturated heterocycles. The molecule has 0 radical (unpaired) electrons. The smallest absolute Gasteiger partial charge is 0.260 e. The molecule has 7 nitrogen and oxygen atoms in total. The van der Waals surface area contributed by atoms with Crippen LogP contribution in [0.2, 0.25) is 5.02 Å². The minimum absolute atomic E-state index is 0.318. The first-order valence-corrected chi connectivity index (χ1v) is 12.2. The average molecular weight is 491 g/mol. The van der Waals surface area contributed by atoms with E-state index in [-0.39, 0.29) is 5.82 Å². The summed E-state index contributed by atoms with van der Waals surface area (Å²) >= 11 is 6.01. The first kappa shape index (κ1) is 24.5. The van der Waals surface area contributed by atoms with Gasteiger partial charge in [-0.1, -0.05) is 17.7 Å². The molecular formula is C23H24ClFN4O3S. The van der Waals surface area contributed by atoms with Crippen LogP contribution in [0.3, 0.4) is 0 Å². The Labute approximate surface area is 197 Å². The molecule has 1 heterocycles. The van der Waals surface area contributed by atoms with Gasteiger partial charge >= 0.3 is 0 Å². The molecule has 0 aliphatic carbocycles. The quantitative estimate of drug-likeness (QED) is 0.399. The van der Waals surface area contributed by atoms with Crippen LogP contribution >= 0.6 is 11.6 Å². The first-order chi connectivity index (χ1) is 15.5. The molecule has 0 aliphatic rings. The van der Waals surface area contributed by atoms with Crippen LogP contribution in [0.15, 0.2) is 53.6 Å². The average Bonchev–Trinajstić information content (AvgIpc) is 3.01. The maximum Gasteiger partial charge on any atom is 0.260 e. The molecule has 1 N–H and O–H groups in total. The second-order valence-corrected chi connectivity index (χ2v) is 9.98. The topological polar surface area (TPSA) is 83.8 Å². The largest absolute Gasteiger partial charge is 0.318 e. The van der Waals surface area contributed by atoms with E-state index in [1.165, 1.54) is 24.4 Å². The summed E-state index contributed by atoms with van der Waals surface area (Å²) in [5.74, 6) is -0.926. The van der Waals surface area contributed by atoms with E-state index in [1.54, 1.807) is 31.2 Å². The zero-order valence-corrected chi connectivity index (χ0v) is 20.2. The predicted molar refractivity (Wildman–Crippen MR) is 129 cm³/mol. The van der Waals surface area contributed by atoms with E-state index < -0.39 is 22.5 Å². The maximum absolute atomic E-state index is 13.2. The summed E-state index contributed by atoms with van der Waals surface area (Å²) in [4.78, 5) is 12.5. The molecule has 0 aliphatic heterocycles. The number of anilines is 1. The van der Waals surface area contributed by atoms with Crippen LogP contribution in [0.25, 0.3) is 5.69 Å². The molecule has 0 saturated carbocycles. The highest BCUT2D eigenvalue weighted by molar-refractivity contribution is 7.92. The highest BCUT2D eigenvalue weighted by Crippen LogP contribution is 2.26. The van der Waals surface area contributed by atoms with E-state index in [1.807, 2.05) is 24.5 Å². The van der Waals surface area contributed by atoms with Crippen molar-refractivity contribution in [2.24, 2.45) is 5.10 Å². The molecule has 3 aromatic rings. The van der Waals surface area contributed by atoms with E-state index >= 15 is 0 Å². The van der Waals surface area contributed by atoms with Crippen molar-refractivity contribution in [3.8, 4) is 5.69 Å². The Morgan fingerprint density at radius 2 is 1.82 bits per heavy atom. The molecule has 0 unspecified atom stereocenters. The predicted octanol–water partition coefficient (Wildman–Crippen LogP) is 4.11. The van der Waals surface area contributed by atoms with Crippen LogP contribution in [0.4, 0.5) is 10.1 Å². The van der Waals surface area contributed by atoms with E-state index in [0.29, 0.717) is 16.3 Å². The third-order valence-electron chi connectivity index (χ3n) is 5.08. The monoisotopic (exact) mass is 490 g/mol. The number of aromatic nitrogens is 1. The first-order valence-electron chi connectivity index (χ1n) is 9.98. The Balaban J connectivity index is 1.76. The Hall–Kier alpha value is -3.17. The second kappa shape index (κ2) is 9.76. The van der Waals surface area contributed by atoms with Gasteiger partial charge in [0.15, 0.2) is 0 Å². The van der Waals surface area contributed by atoms with Crippen molar-refractivity contribution in [3.05, 3.63) is 81.9 Å². The number of nitrogens with zero attached hydrogens (tertiary/aromatic N) is 3. The van der Waals surface area contributed by atoms with Crippen molar-refractivity contribution >= 4 is 39.4 Å². The van der Waals surface area contributed by atoms with Crippen LogP contribution in [-0.4, -0.2) is 37.9 Å². The summed E-state index contributed by atoms with van der Waals surface area (Å²) in [6.07, 6.45) is 2.50. The van der Waals surface area contributed by atoms with Crippen LogP contribution in [-0.2, 0) is 14.8 Å². The van der Waals surface area contributed by atoms with E-state index in [2.05, 4.69) is 10.5 Å². The lowest BCUT2D eigenvalue weighted by Gasteiger charge is -2.23. The molecule has 10 heteroatoms. The number of halogens is 2. The van der Waals surface area contributed by atoms with Crippen molar-refractivity contribution in [2.75, 3.05) is 17.1 Å². The third-order valence-corrected chi connectivity index (χ3v) is 6.44. The van der Waals surface area contributed by atoms with Gasteiger partial charge in [-0.2, -0.15) is 5.10 Å². The van der Waals surface area contributed by atoms with Gasteiger partial charge in [-0.05, 0) is 68.8 Å². The van der Waals surface area contributed by atoms with E-state index in [4.69, 9.17) is 11.6 Å². The summed E-state index contributed by atoms with van der Waals surface area (Å²) < 4.78 is 40.8. The van der Waals surface area contributed by atoms with Crippen molar-refractivity contribution in [3.63, 3.8) is 0 Å². The third kappa shape index (κ3) is 5.80. The van der Waals surface area contributed by atoms with Crippen LogP contribution in [0, 0.1) is 26.6 Å². The van der Waals surface area contributed by atoms with Crippen LogP contribution in [0.1, 0.15) is 22.5 Å². The number of hydrazone groups is 1. The normalized spacial score (nSPS) is 11.7. The molecule has 2 aromatic carbocycles. The summed E-state index contributed by atoms with van der Waals surface area (Å²) in [6, 6.07) is 12.8. The second-order valence-electron chi connectivity index (χ2n) is 7.63. The Kier molecular flexibility index (Phi) is 7.24. The lowest BCUT2D eigenvalue weighted by atomic mass is 10.2. The lowest BCUT2D eigenvalue weighted by molar-refractivity contribution is -0.119. The molecule has 0 atom stereocenters. The number of hydrogen-bond acceptors (Lipinski definition) is 4. The minimum Gasteiger partial charge on any atom is -0.318 e. The molecule has 0 spiro atoms. The number of carbonyl (C=O) groups is 1. The maximum atomic E-state index is 13.2. The number of carbonyl (C=O) groups excluding carboxylic acids is 1. The van der Waals surface area contributed by atoms with Crippen molar-refractivity contribution in [2.45, 2.75) is 20.8 Å². The number of aryl methyl sites for hydroxylation is 2. The van der Waals surface area contributed by atoms with Crippen molar-refractivity contribution in [1.29, 1.82) is 0 Å². The number of hydrogen-bond donors (Lipinski definition) is 1. The zero-order chi connectivity index (χ0) is 24.3. The van der Waals surface area contributed by atoms with E-state index in [9.17, 15) is 17.6 Å². The SMILES string of the molecule is Cc1ccc(Cl)cc1N(CC(=O)N/N=C\c1cc(C)n(-c2ccc(F)cc2)c1C)S(C)(=O)=O. The highest BCUT2D eigenvalue weighted by Gasteiger charge is 2.22. The van der Waals surface area contributed by atoms with Gasteiger partial charge in [-0.3, -0.25) is 9.10 Å². The molecule has 1 aromatic heterocycles. The van der Waals surface area contributed by atoms with Gasteiger partial charge in [-0.15, -0.1) is 0 Å². The summed E-state index contributed by atoms with van der Waals surface area (Å²) in [5, 5.41) is 4.35. The van der Waals surface area contributed by atoms with Crippen LogP contribution < -0.4 is 9.73 Å². The lowest BCUT2D eigenvalue weighted by Crippen LogP contribution is -2.39. The summed E-state index contributed by atoms with van der Waals surface area (Å²) in [6.45, 7) is 5.07.